The lowest BCUT2D eigenvalue weighted by molar-refractivity contribution is 0.571. The Morgan fingerprint density at radius 3 is 3.00 bits per heavy atom. The highest BCUT2D eigenvalue weighted by Gasteiger charge is 2.14. The molecule has 1 aromatic heterocycles. The summed E-state index contributed by atoms with van der Waals surface area (Å²) in [6.45, 7) is 0.420. The maximum atomic E-state index is 5.62. The summed E-state index contributed by atoms with van der Waals surface area (Å²) in [5, 5.41) is 0. The fourth-order valence-corrected chi connectivity index (χ4v) is 2.36. The SMILES string of the molecule is NCc1ncoc1-c1ccc2c(c1)CCC2. The van der Waals surface area contributed by atoms with Crippen LogP contribution in [-0.2, 0) is 19.4 Å². The van der Waals surface area contributed by atoms with Gasteiger partial charge < -0.3 is 10.2 Å². The summed E-state index contributed by atoms with van der Waals surface area (Å²) in [5.41, 5.74) is 10.5. The van der Waals surface area contributed by atoms with Gasteiger partial charge in [-0.15, -0.1) is 0 Å². The Balaban J connectivity index is 2.07. The normalized spacial score (nSPS) is 14.1. The van der Waals surface area contributed by atoms with Gasteiger partial charge in [0.1, 0.15) is 5.69 Å². The number of oxazole rings is 1. The lowest BCUT2D eigenvalue weighted by Crippen LogP contribution is -1.98. The third-order valence-electron chi connectivity index (χ3n) is 3.20. The predicted octanol–water partition coefficient (Wildman–Crippen LogP) is 2.29. The summed E-state index contributed by atoms with van der Waals surface area (Å²) < 4.78 is 5.41. The number of aryl methyl sites for hydroxylation is 2. The molecule has 0 amide bonds. The number of nitrogens with two attached hydrogens (primary N) is 1. The maximum Gasteiger partial charge on any atom is 0.181 e. The molecule has 0 bridgehead atoms. The molecule has 0 saturated heterocycles. The highest BCUT2D eigenvalue weighted by atomic mass is 16.3. The van der Waals surface area contributed by atoms with Crippen molar-refractivity contribution in [2.45, 2.75) is 25.8 Å². The van der Waals surface area contributed by atoms with Crippen molar-refractivity contribution in [3.05, 3.63) is 41.4 Å². The fraction of sp³-hybridized carbons (Fsp3) is 0.308. The second-order valence-electron chi connectivity index (χ2n) is 4.17. The maximum absolute atomic E-state index is 5.62. The molecule has 3 heteroatoms. The van der Waals surface area contributed by atoms with E-state index in [1.165, 1.54) is 36.8 Å². The molecule has 0 atom stereocenters. The van der Waals surface area contributed by atoms with E-state index in [0.29, 0.717) is 6.54 Å². The van der Waals surface area contributed by atoms with E-state index in [1.54, 1.807) is 0 Å². The van der Waals surface area contributed by atoms with Crippen LogP contribution < -0.4 is 5.73 Å². The average Bonchev–Trinajstić information content (AvgIpc) is 2.96. The Hall–Kier alpha value is -1.61. The van der Waals surface area contributed by atoms with E-state index in [0.717, 1.165) is 17.0 Å². The number of fused-ring (bicyclic) bond motifs is 1. The third kappa shape index (κ3) is 1.44. The van der Waals surface area contributed by atoms with E-state index in [-0.39, 0.29) is 0 Å². The average molecular weight is 214 g/mol. The van der Waals surface area contributed by atoms with Crippen LogP contribution in [0.15, 0.2) is 29.0 Å². The van der Waals surface area contributed by atoms with Gasteiger partial charge in [0.15, 0.2) is 12.2 Å². The van der Waals surface area contributed by atoms with Crippen LogP contribution in [0.2, 0.25) is 0 Å². The number of hydrogen-bond acceptors (Lipinski definition) is 3. The van der Waals surface area contributed by atoms with E-state index < -0.39 is 0 Å². The number of hydrogen-bond donors (Lipinski definition) is 1. The monoisotopic (exact) mass is 214 g/mol. The van der Waals surface area contributed by atoms with Gasteiger partial charge in [-0.3, -0.25) is 0 Å². The van der Waals surface area contributed by atoms with Gasteiger partial charge in [0.05, 0.1) is 0 Å². The van der Waals surface area contributed by atoms with Crippen molar-refractivity contribution in [2.24, 2.45) is 5.73 Å². The quantitative estimate of drug-likeness (QED) is 0.834. The van der Waals surface area contributed by atoms with Crippen LogP contribution in [0.25, 0.3) is 11.3 Å². The molecular formula is C13H14N2O. The molecule has 0 unspecified atom stereocenters. The number of nitrogens with zero attached hydrogens (tertiary/aromatic N) is 1. The van der Waals surface area contributed by atoms with Crippen LogP contribution >= 0.6 is 0 Å². The number of benzene rings is 1. The summed E-state index contributed by atoms with van der Waals surface area (Å²) in [4.78, 5) is 4.11. The highest BCUT2D eigenvalue weighted by molar-refractivity contribution is 5.62. The highest BCUT2D eigenvalue weighted by Crippen LogP contribution is 2.29. The van der Waals surface area contributed by atoms with Crippen molar-refractivity contribution < 1.29 is 4.42 Å². The molecule has 1 aromatic carbocycles. The fourth-order valence-electron chi connectivity index (χ4n) is 2.36. The minimum absolute atomic E-state index is 0.420. The molecule has 0 spiro atoms. The van der Waals surface area contributed by atoms with E-state index in [9.17, 15) is 0 Å². The molecule has 2 aromatic rings. The predicted molar refractivity (Wildman–Crippen MR) is 61.9 cm³/mol. The first kappa shape index (κ1) is 9.60. The molecule has 0 fully saturated rings. The van der Waals surface area contributed by atoms with Crippen molar-refractivity contribution in [1.82, 2.24) is 4.98 Å². The zero-order valence-electron chi connectivity index (χ0n) is 9.07. The molecule has 0 saturated carbocycles. The smallest absolute Gasteiger partial charge is 0.181 e. The van der Waals surface area contributed by atoms with Gasteiger partial charge in [-0.25, -0.2) is 4.98 Å². The van der Waals surface area contributed by atoms with E-state index in [4.69, 9.17) is 10.2 Å². The summed E-state index contributed by atoms with van der Waals surface area (Å²) in [7, 11) is 0. The van der Waals surface area contributed by atoms with Crippen molar-refractivity contribution in [3.63, 3.8) is 0 Å². The molecular weight excluding hydrogens is 200 g/mol. The molecule has 3 nitrogen and oxygen atoms in total. The van der Waals surface area contributed by atoms with Gasteiger partial charge in [-0.2, -0.15) is 0 Å². The van der Waals surface area contributed by atoms with Crippen molar-refractivity contribution >= 4 is 0 Å². The number of aromatic nitrogens is 1. The van der Waals surface area contributed by atoms with E-state index in [1.807, 2.05) is 0 Å². The Morgan fingerprint density at radius 1 is 1.25 bits per heavy atom. The molecule has 82 valence electrons. The van der Waals surface area contributed by atoms with Gasteiger partial charge in [0.25, 0.3) is 0 Å². The van der Waals surface area contributed by atoms with Crippen LogP contribution in [-0.4, -0.2) is 4.98 Å². The molecule has 2 N–H and O–H groups in total. The van der Waals surface area contributed by atoms with E-state index in [2.05, 4.69) is 23.2 Å². The van der Waals surface area contributed by atoms with Crippen molar-refractivity contribution in [3.8, 4) is 11.3 Å². The lowest BCUT2D eigenvalue weighted by atomic mass is 10.0. The van der Waals surface area contributed by atoms with E-state index >= 15 is 0 Å². The summed E-state index contributed by atoms with van der Waals surface area (Å²) in [6, 6.07) is 6.51. The Kier molecular flexibility index (Phi) is 2.26. The second-order valence-corrected chi connectivity index (χ2v) is 4.17. The molecule has 3 rings (SSSR count). The first-order valence-electron chi connectivity index (χ1n) is 5.63. The van der Waals surface area contributed by atoms with Gasteiger partial charge >= 0.3 is 0 Å². The van der Waals surface area contributed by atoms with Crippen LogP contribution in [0.1, 0.15) is 23.2 Å². The third-order valence-corrected chi connectivity index (χ3v) is 3.20. The molecule has 0 radical (unpaired) electrons. The molecule has 16 heavy (non-hydrogen) atoms. The Labute approximate surface area is 94.3 Å². The van der Waals surface area contributed by atoms with Gasteiger partial charge in [0.2, 0.25) is 0 Å². The Bertz CT molecular complexity index is 516. The first-order chi connectivity index (χ1) is 7.88. The minimum Gasteiger partial charge on any atom is -0.443 e. The largest absolute Gasteiger partial charge is 0.443 e. The molecule has 0 aliphatic heterocycles. The summed E-state index contributed by atoms with van der Waals surface area (Å²) in [5.74, 6) is 0.817. The lowest BCUT2D eigenvalue weighted by Gasteiger charge is -2.03. The topological polar surface area (TPSA) is 52.0 Å². The van der Waals surface area contributed by atoms with Crippen LogP contribution in [0, 0.1) is 0 Å². The zero-order valence-corrected chi connectivity index (χ0v) is 9.07. The van der Waals surface area contributed by atoms with Crippen LogP contribution in [0.4, 0.5) is 0 Å². The Morgan fingerprint density at radius 2 is 2.12 bits per heavy atom. The van der Waals surface area contributed by atoms with Crippen LogP contribution in [0.5, 0.6) is 0 Å². The molecule has 1 aliphatic rings. The molecule has 1 heterocycles. The number of rotatable bonds is 2. The van der Waals surface area contributed by atoms with Gasteiger partial charge in [-0.05, 0) is 36.5 Å². The second kappa shape index (κ2) is 3.76. The standard InChI is InChI=1S/C13H14N2O/c14-7-12-13(16-8-15-12)11-5-4-9-2-1-3-10(9)6-11/h4-6,8H,1-3,7,14H2. The summed E-state index contributed by atoms with van der Waals surface area (Å²) >= 11 is 0. The minimum atomic E-state index is 0.420. The van der Waals surface area contributed by atoms with Gasteiger partial charge in [0, 0.05) is 12.1 Å². The van der Waals surface area contributed by atoms with Crippen molar-refractivity contribution in [2.75, 3.05) is 0 Å². The molecule has 1 aliphatic carbocycles. The van der Waals surface area contributed by atoms with Crippen molar-refractivity contribution in [1.29, 1.82) is 0 Å². The summed E-state index contributed by atoms with van der Waals surface area (Å²) in [6.07, 6.45) is 5.11. The zero-order chi connectivity index (χ0) is 11.0. The van der Waals surface area contributed by atoms with Gasteiger partial charge in [-0.1, -0.05) is 12.1 Å². The van der Waals surface area contributed by atoms with Crippen LogP contribution in [0.3, 0.4) is 0 Å². The first-order valence-corrected chi connectivity index (χ1v) is 5.63.